The topological polar surface area (TPSA) is 107 Å². The van der Waals surface area contributed by atoms with Crippen molar-refractivity contribution in [3.8, 4) is 5.88 Å². The van der Waals surface area contributed by atoms with Gasteiger partial charge in [0.05, 0.1) is 5.56 Å². The molecule has 29 heavy (non-hydrogen) atoms. The lowest BCUT2D eigenvalue weighted by Gasteiger charge is -2.09. The van der Waals surface area contributed by atoms with E-state index in [0.29, 0.717) is 11.3 Å². The number of halogens is 3. The van der Waals surface area contributed by atoms with E-state index in [0.717, 1.165) is 18.3 Å². The third kappa shape index (κ3) is 7.13. The summed E-state index contributed by atoms with van der Waals surface area (Å²) in [5.74, 6) is -2.09. The van der Waals surface area contributed by atoms with E-state index in [2.05, 4.69) is 20.4 Å². The van der Waals surface area contributed by atoms with E-state index in [1.807, 2.05) is 0 Å². The molecule has 2 rings (SSSR count). The van der Waals surface area contributed by atoms with Crippen molar-refractivity contribution in [2.75, 3.05) is 25.6 Å². The molecule has 2 aromatic rings. The van der Waals surface area contributed by atoms with E-state index >= 15 is 0 Å². The number of nitrogens with zero attached hydrogens (tertiary/aromatic N) is 1. The highest BCUT2D eigenvalue weighted by atomic mass is 19.4. The highest BCUT2D eigenvalue weighted by Crippen LogP contribution is 2.17. The smallest absolute Gasteiger partial charge is 0.422 e. The van der Waals surface area contributed by atoms with Crippen LogP contribution in [0.2, 0.25) is 0 Å². The number of hydrogen-bond acceptors (Lipinski definition) is 6. The Bertz CT molecular complexity index is 868. The summed E-state index contributed by atoms with van der Waals surface area (Å²) >= 11 is 0. The number of esters is 1. The maximum atomic E-state index is 12.1. The van der Waals surface area contributed by atoms with Crippen LogP contribution in [0.15, 0.2) is 42.6 Å². The fourth-order valence-electron chi connectivity index (χ4n) is 2.00. The average Bonchev–Trinajstić information content (AvgIpc) is 2.70. The van der Waals surface area contributed by atoms with Crippen LogP contribution in [0.25, 0.3) is 0 Å². The monoisotopic (exact) mass is 411 g/mol. The van der Waals surface area contributed by atoms with Crippen LogP contribution in [-0.2, 0) is 9.53 Å². The molecule has 0 spiro atoms. The lowest BCUT2D eigenvalue weighted by Crippen LogP contribution is -2.21. The summed E-state index contributed by atoms with van der Waals surface area (Å²) in [4.78, 5) is 38.7. The highest BCUT2D eigenvalue weighted by molar-refractivity contribution is 5.97. The summed E-state index contributed by atoms with van der Waals surface area (Å²) in [7, 11) is 1.49. The molecule has 0 fully saturated rings. The van der Waals surface area contributed by atoms with Crippen LogP contribution in [0.1, 0.15) is 20.7 Å². The molecule has 0 saturated carbocycles. The van der Waals surface area contributed by atoms with Gasteiger partial charge in [0.15, 0.2) is 13.2 Å². The summed E-state index contributed by atoms with van der Waals surface area (Å²) < 4.78 is 45.5. The first-order chi connectivity index (χ1) is 13.7. The number of nitrogens with one attached hydrogen (secondary N) is 2. The maximum Gasteiger partial charge on any atom is 0.422 e. The van der Waals surface area contributed by atoms with Gasteiger partial charge in [-0.05, 0) is 30.3 Å². The molecule has 2 N–H and O–H groups in total. The summed E-state index contributed by atoms with van der Waals surface area (Å²) in [6.45, 7) is -2.10. The molecule has 0 saturated heterocycles. The maximum absolute atomic E-state index is 12.1. The number of hydrogen-bond donors (Lipinski definition) is 2. The van der Waals surface area contributed by atoms with Gasteiger partial charge in [0.25, 0.3) is 11.8 Å². The van der Waals surface area contributed by atoms with Crippen LogP contribution < -0.4 is 15.4 Å². The van der Waals surface area contributed by atoms with Crippen LogP contribution in [-0.4, -0.2) is 49.2 Å². The SMILES string of the molecule is CNC(=O)c1ccc(NC(=O)COC(=O)c2ccc(OCC(F)(F)F)nc2)cc1. The lowest BCUT2D eigenvalue weighted by atomic mass is 10.2. The van der Waals surface area contributed by atoms with Crippen LogP contribution in [0.4, 0.5) is 18.9 Å². The molecule has 0 bridgehead atoms. The molecular weight excluding hydrogens is 395 g/mol. The van der Waals surface area contributed by atoms with Crippen LogP contribution in [0.5, 0.6) is 5.88 Å². The first-order valence-electron chi connectivity index (χ1n) is 8.12. The Morgan fingerprint density at radius 1 is 1.03 bits per heavy atom. The number of aromatic nitrogens is 1. The van der Waals surface area contributed by atoms with Crippen molar-refractivity contribution in [3.05, 3.63) is 53.7 Å². The third-order valence-corrected chi connectivity index (χ3v) is 3.35. The Balaban J connectivity index is 1.82. The summed E-state index contributed by atoms with van der Waals surface area (Å²) in [6, 6.07) is 8.28. The summed E-state index contributed by atoms with van der Waals surface area (Å²) in [6.07, 6.45) is -3.53. The highest BCUT2D eigenvalue weighted by Gasteiger charge is 2.28. The van der Waals surface area contributed by atoms with Crippen molar-refractivity contribution in [2.24, 2.45) is 0 Å². The average molecular weight is 411 g/mol. The minimum Gasteiger partial charge on any atom is -0.468 e. The fraction of sp³-hybridized carbons (Fsp3) is 0.222. The predicted octanol–water partition coefficient (Wildman–Crippen LogP) is 2.18. The minimum atomic E-state index is -4.50. The van der Waals surface area contributed by atoms with Gasteiger partial charge in [0.1, 0.15) is 0 Å². The van der Waals surface area contributed by atoms with Gasteiger partial charge < -0.3 is 20.1 Å². The van der Waals surface area contributed by atoms with E-state index in [9.17, 15) is 27.6 Å². The second-order valence-electron chi connectivity index (χ2n) is 5.57. The number of benzene rings is 1. The van der Waals surface area contributed by atoms with Crippen molar-refractivity contribution in [3.63, 3.8) is 0 Å². The Morgan fingerprint density at radius 3 is 2.24 bits per heavy atom. The molecule has 2 amide bonds. The first-order valence-corrected chi connectivity index (χ1v) is 8.12. The molecule has 1 heterocycles. The van der Waals surface area contributed by atoms with Gasteiger partial charge in [-0.15, -0.1) is 0 Å². The van der Waals surface area contributed by atoms with E-state index in [1.165, 1.54) is 31.3 Å². The molecule has 11 heteroatoms. The summed E-state index contributed by atoms with van der Waals surface area (Å²) in [5.41, 5.74) is 0.741. The first kappa shape index (κ1) is 21.7. The predicted molar refractivity (Wildman–Crippen MR) is 94.5 cm³/mol. The number of ether oxygens (including phenoxy) is 2. The van der Waals surface area contributed by atoms with Gasteiger partial charge in [-0.1, -0.05) is 0 Å². The van der Waals surface area contributed by atoms with Crippen LogP contribution >= 0.6 is 0 Å². The van der Waals surface area contributed by atoms with Gasteiger partial charge in [0.2, 0.25) is 5.88 Å². The minimum absolute atomic E-state index is 0.0629. The zero-order valence-corrected chi connectivity index (χ0v) is 15.1. The van der Waals surface area contributed by atoms with E-state index in [-0.39, 0.29) is 17.4 Å². The zero-order chi connectivity index (χ0) is 21.4. The Labute approximate surface area is 163 Å². The largest absolute Gasteiger partial charge is 0.468 e. The molecule has 1 aromatic heterocycles. The standard InChI is InChI=1S/C18H16F3N3O5/c1-22-16(26)11-2-5-13(6-3-11)24-14(25)9-28-17(27)12-4-7-15(23-8-12)29-10-18(19,20)21/h2-8H,9-10H2,1H3,(H,22,26)(H,24,25). The van der Waals surface area contributed by atoms with Gasteiger partial charge in [-0.3, -0.25) is 9.59 Å². The van der Waals surface area contributed by atoms with E-state index in [1.54, 1.807) is 0 Å². The lowest BCUT2D eigenvalue weighted by molar-refractivity contribution is -0.154. The zero-order valence-electron chi connectivity index (χ0n) is 15.1. The van der Waals surface area contributed by atoms with E-state index < -0.39 is 31.3 Å². The molecule has 8 nitrogen and oxygen atoms in total. The molecule has 0 radical (unpaired) electrons. The Hall–Kier alpha value is -3.63. The van der Waals surface area contributed by atoms with Crippen LogP contribution in [0, 0.1) is 0 Å². The number of amides is 2. The van der Waals surface area contributed by atoms with Gasteiger partial charge in [-0.2, -0.15) is 13.2 Å². The fourth-order valence-corrected chi connectivity index (χ4v) is 2.00. The third-order valence-electron chi connectivity index (χ3n) is 3.35. The molecule has 0 aliphatic rings. The molecule has 154 valence electrons. The van der Waals surface area contributed by atoms with Crippen molar-refractivity contribution in [1.82, 2.24) is 10.3 Å². The Kier molecular flexibility index (Phi) is 7.12. The second-order valence-corrected chi connectivity index (χ2v) is 5.57. The summed E-state index contributed by atoms with van der Waals surface area (Å²) in [5, 5.41) is 4.94. The van der Waals surface area contributed by atoms with Crippen molar-refractivity contribution >= 4 is 23.5 Å². The number of carbonyl (C=O) groups excluding carboxylic acids is 3. The number of alkyl halides is 3. The van der Waals surface area contributed by atoms with Crippen molar-refractivity contribution in [2.45, 2.75) is 6.18 Å². The number of carbonyl (C=O) groups is 3. The molecule has 0 aliphatic heterocycles. The van der Waals surface area contributed by atoms with Gasteiger partial charge >= 0.3 is 12.1 Å². The van der Waals surface area contributed by atoms with Crippen molar-refractivity contribution in [1.29, 1.82) is 0 Å². The molecule has 1 aromatic carbocycles. The number of pyridine rings is 1. The molecule has 0 atom stereocenters. The Morgan fingerprint density at radius 2 is 1.69 bits per heavy atom. The quantitative estimate of drug-likeness (QED) is 0.677. The normalized spacial score (nSPS) is 10.8. The number of rotatable bonds is 7. The molecule has 0 unspecified atom stereocenters. The molecular formula is C18H16F3N3O5. The van der Waals surface area contributed by atoms with Gasteiger partial charge in [-0.25, -0.2) is 9.78 Å². The van der Waals surface area contributed by atoms with Crippen LogP contribution in [0.3, 0.4) is 0 Å². The van der Waals surface area contributed by atoms with Gasteiger partial charge in [0, 0.05) is 30.6 Å². The molecule has 0 aliphatic carbocycles. The second kappa shape index (κ2) is 9.53. The number of anilines is 1. The van der Waals surface area contributed by atoms with Crippen molar-refractivity contribution < 1.29 is 37.0 Å². The van der Waals surface area contributed by atoms with E-state index in [4.69, 9.17) is 4.74 Å².